The van der Waals surface area contributed by atoms with E-state index in [1.165, 1.54) is 88.9 Å². The van der Waals surface area contributed by atoms with Crippen molar-refractivity contribution in [1.29, 1.82) is 0 Å². The first-order chi connectivity index (χ1) is 22.9. The minimum Gasteiger partial charge on any atom is -0.454 e. The van der Waals surface area contributed by atoms with Crippen LogP contribution in [0.5, 0.6) is 0 Å². The van der Waals surface area contributed by atoms with Crippen molar-refractivity contribution in [2.45, 2.75) is 52.6 Å². The molecule has 0 N–H and O–H groups in total. The molecule has 5 heterocycles. The van der Waals surface area contributed by atoms with Crippen LogP contribution >= 0.6 is 0 Å². The summed E-state index contributed by atoms with van der Waals surface area (Å²) in [4.78, 5) is 0. The number of aromatic nitrogens is 2. The summed E-state index contributed by atoms with van der Waals surface area (Å²) in [5.41, 5.74) is 19.4. The van der Waals surface area contributed by atoms with E-state index in [1.807, 2.05) is 0 Å². The molecule has 3 aliphatic rings. The van der Waals surface area contributed by atoms with E-state index in [1.54, 1.807) is 0 Å². The first kappa shape index (κ1) is 26.9. The molecule has 4 aromatic carbocycles. The Balaban J connectivity index is 1.41. The van der Waals surface area contributed by atoms with Crippen molar-refractivity contribution in [2.24, 2.45) is 0 Å². The number of pyridine rings is 2. The van der Waals surface area contributed by atoms with Crippen LogP contribution in [-0.2, 0) is 12.1 Å². The SMILES string of the molecule is CC1=Cc2c(ccc3c2oc2c4c(ccc23)C2(c3ccccc3-c3cccc[n+]32)[n+]2cc(-c3c(C)cccc3C)c(C(C)C)cc2-4)C1. The predicted molar refractivity (Wildman–Crippen MR) is 189 cm³/mol. The molecule has 1 spiro atoms. The van der Waals surface area contributed by atoms with Crippen LogP contribution in [0.3, 0.4) is 0 Å². The van der Waals surface area contributed by atoms with E-state index in [-0.39, 0.29) is 0 Å². The first-order valence-electron chi connectivity index (χ1n) is 16.8. The van der Waals surface area contributed by atoms with Gasteiger partial charge in [-0.1, -0.05) is 68.0 Å². The topological polar surface area (TPSA) is 20.9 Å². The molecular formula is C44H36N2O+2. The molecule has 3 heteroatoms. The number of fused-ring (bicyclic) bond motifs is 16. The zero-order chi connectivity index (χ0) is 31.8. The Kier molecular flexibility index (Phi) is 5.24. The van der Waals surface area contributed by atoms with Gasteiger partial charge in [-0.2, -0.15) is 0 Å². The number of nitrogens with zero attached hydrogens (tertiary/aromatic N) is 2. The van der Waals surface area contributed by atoms with Crippen molar-refractivity contribution in [3.8, 4) is 33.6 Å². The second-order valence-corrected chi connectivity index (χ2v) is 14.1. The Labute approximate surface area is 275 Å². The molecule has 7 aromatic rings. The molecule has 3 aromatic heterocycles. The fourth-order valence-corrected chi connectivity index (χ4v) is 9.11. The molecule has 0 saturated carbocycles. The molecule has 1 aliphatic carbocycles. The zero-order valence-corrected chi connectivity index (χ0v) is 27.5. The van der Waals surface area contributed by atoms with Gasteiger partial charge in [-0.15, -0.1) is 9.13 Å². The summed E-state index contributed by atoms with van der Waals surface area (Å²) in [5.74, 6) is 0.331. The van der Waals surface area contributed by atoms with Crippen LogP contribution in [0.4, 0.5) is 0 Å². The number of benzene rings is 4. The Hall–Kier alpha value is -5.28. The summed E-state index contributed by atoms with van der Waals surface area (Å²) in [6.45, 7) is 11.4. The third kappa shape index (κ3) is 3.27. The van der Waals surface area contributed by atoms with E-state index >= 15 is 0 Å². The quantitative estimate of drug-likeness (QED) is 0.179. The van der Waals surface area contributed by atoms with Crippen molar-refractivity contribution >= 4 is 28.0 Å². The third-order valence-electron chi connectivity index (χ3n) is 11.1. The van der Waals surface area contributed by atoms with Crippen LogP contribution in [0.15, 0.2) is 113 Å². The molecule has 3 nitrogen and oxygen atoms in total. The highest BCUT2D eigenvalue weighted by atomic mass is 16.3. The average Bonchev–Trinajstić information content (AvgIpc) is 3.80. The monoisotopic (exact) mass is 608 g/mol. The van der Waals surface area contributed by atoms with E-state index in [4.69, 9.17) is 4.42 Å². The second-order valence-electron chi connectivity index (χ2n) is 14.1. The van der Waals surface area contributed by atoms with Crippen molar-refractivity contribution in [3.05, 3.63) is 148 Å². The van der Waals surface area contributed by atoms with Crippen LogP contribution in [0.1, 0.15) is 65.6 Å². The highest BCUT2D eigenvalue weighted by Crippen LogP contribution is 2.52. The highest BCUT2D eigenvalue weighted by Gasteiger charge is 2.67. The van der Waals surface area contributed by atoms with Gasteiger partial charge in [0.25, 0.3) is 0 Å². The minimum absolute atomic E-state index is 0.331. The normalized spacial score (nSPS) is 16.9. The van der Waals surface area contributed by atoms with Gasteiger partial charge in [0.15, 0.2) is 12.4 Å². The molecule has 1 unspecified atom stereocenters. The van der Waals surface area contributed by atoms with Gasteiger partial charge in [-0.3, -0.25) is 0 Å². The number of allylic oxidation sites excluding steroid dienone is 1. The van der Waals surface area contributed by atoms with Crippen LogP contribution in [-0.4, -0.2) is 0 Å². The van der Waals surface area contributed by atoms with Crippen LogP contribution in [0.25, 0.3) is 61.7 Å². The number of hydrogen-bond donors (Lipinski definition) is 0. The maximum Gasteiger partial charge on any atom is 0.417 e. The maximum atomic E-state index is 7.11. The molecule has 0 saturated heterocycles. The number of aryl methyl sites for hydroxylation is 2. The lowest BCUT2D eigenvalue weighted by atomic mass is 9.88. The molecule has 0 radical (unpaired) electrons. The van der Waals surface area contributed by atoms with Gasteiger partial charge < -0.3 is 4.42 Å². The fraction of sp³-hybridized carbons (Fsp3) is 0.182. The average molecular weight is 609 g/mol. The molecule has 10 rings (SSSR count). The maximum absolute atomic E-state index is 7.11. The zero-order valence-electron chi connectivity index (χ0n) is 27.5. The molecule has 1 atom stereocenters. The van der Waals surface area contributed by atoms with Crippen molar-refractivity contribution in [1.82, 2.24) is 0 Å². The van der Waals surface area contributed by atoms with E-state index in [2.05, 4.69) is 153 Å². The number of furan rings is 1. The summed E-state index contributed by atoms with van der Waals surface area (Å²) in [6, 6.07) is 34.0. The first-order valence-corrected chi connectivity index (χ1v) is 16.8. The largest absolute Gasteiger partial charge is 0.454 e. The molecule has 0 bridgehead atoms. The van der Waals surface area contributed by atoms with Gasteiger partial charge >= 0.3 is 5.66 Å². The molecule has 2 aliphatic heterocycles. The van der Waals surface area contributed by atoms with Crippen molar-refractivity contribution in [2.75, 3.05) is 0 Å². The molecule has 0 amide bonds. The van der Waals surface area contributed by atoms with Gasteiger partial charge in [0, 0.05) is 34.5 Å². The Morgan fingerprint density at radius 3 is 2.28 bits per heavy atom. The number of hydrogen-bond acceptors (Lipinski definition) is 1. The van der Waals surface area contributed by atoms with E-state index in [0.717, 1.165) is 17.6 Å². The van der Waals surface area contributed by atoms with Crippen molar-refractivity contribution in [3.63, 3.8) is 0 Å². The fourth-order valence-electron chi connectivity index (χ4n) is 9.11. The summed E-state index contributed by atoms with van der Waals surface area (Å²) < 4.78 is 12.2. The third-order valence-corrected chi connectivity index (χ3v) is 11.1. The van der Waals surface area contributed by atoms with E-state index in [0.29, 0.717) is 5.92 Å². The van der Waals surface area contributed by atoms with Crippen molar-refractivity contribution < 1.29 is 13.6 Å². The smallest absolute Gasteiger partial charge is 0.417 e. The van der Waals surface area contributed by atoms with Gasteiger partial charge in [-0.05, 0) is 91.3 Å². The Morgan fingerprint density at radius 2 is 1.45 bits per heavy atom. The van der Waals surface area contributed by atoms with Gasteiger partial charge in [0.2, 0.25) is 11.4 Å². The molecule has 0 fully saturated rings. The summed E-state index contributed by atoms with van der Waals surface area (Å²) in [7, 11) is 0. The van der Waals surface area contributed by atoms with Crippen LogP contribution in [0.2, 0.25) is 0 Å². The van der Waals surface area contributed by atoms with E-state index < -0.39 is 5.66 Å². The van der Waals surface area contributed by atoms with Crippen LogP contribution in [0, 0.1) is 13.8 Å². The van der Waals surface area contributed by atoms with E-state index in [9.17, 15) is 0 Å². The lowest BCUT2D eigenvalue weighted by Gasteiger charge is -2.20. The van der Waals surface area contributed by atoms with Gasteiger partial charge in [0.05, 0.1) is 11.1 Å². The molecule has 226 valence electrons. The predicted octanol–water partition coefficient (Wildman–Crippen LogP) is 9.79. The molecular weight excluding hydrogens is 572 g/mol. The Morgan fingerprint density at radius 1 is 0.681 bits per heavy atom. The summed E-state index contributed by atoms with van der Waals surface area (Å²) in [5, 5.41) is 2.37. The van der Waals surface area contributed by atoms with Gasteiger partial charge in [0.1, 0.15) is 27.9 Å². The standard InChI is InChI=1S/C44H36N2O/c1-25(2)33-23-39-41-37(19-18-31-30-17-16-29-21-26(3)22-34(29)42(30)47-43(31)41)44(46(39)24-35(33)40-27(4)11-10-12-28(40)5)36-14-7-6-13-32(36)38-15-8-9-20-45(38)44/h6-20,22-25H,21H2,1-5H3/q+2. The van der Waals surface area contributed by atoms with Gasteiger partial charge in [-0.25, -0.2) is 0 Å². The van der Waals surface area contributed by atoms with Crippen LogP contribution < -0.4 is 9.13 Å². The summed E-state index contributed by atoms with van der Waals surface area (Å²) >= 11 is 0. The lowest BCUT2D eigenvalue weighted by molar-refractivity contribution is -0.954. The lowest BCUT2D eigenvalue weighted by Crippen LogP contribution is -2.71. The Bertz CT molecular complexity index is 2500. The number of rotatable bonds is 2. The minimum atomic E-state index is -0.607. The molecule has 47 heavy (non-hydrogen) atoms. The second kappa shape index (κ2) is 9.17. The highest BCUT2D eigenvalue weighted by molar-refractivity contribution is 6.12. The summed E-state index contributed by atoms with van der Waals surface area (Å²) in [6.07, 6.45) is 8.03.